The standard InChI is InChI=1S/C41H56N6O6Si/c1-29-39(54(2,3)52)36(19-23-44-28-31(20-24-48)42-43-44)53-41(29)34-26-33(46-22-11-7-5-9-16-38(46)50)17-18-35(34)47(40(41)51)27-30-13-12-14-32(25-30)45-21-10-6-4-8-15-37(45)49/h12-14,17-18,25-26,28-29,36,39,48,52H,4-11,15-16,19-24,27H2,1-3H3/t29-,36+,39-,41+/m1/s1. The molecule has 4 aliphatic heterocycles. The van der Waals surface area contributed by atoms with Crippen LogP contribution in [-0.2, 0) is 44.2 Å². The molecule has 3 saturated heterocycles. The van der Waals surface area contributed by atoms with Gasteiger partial charge in [-0.1, -0.05) is 50.0 Å². The molecule has 3 fully saturated rings. The normalized spacial score (nSPS) is 25.5. The lowest BCUT2D eigenvalue weighted by Gasteiger charge is -2.33. The topological polar surface area (TPSA) is 141 Å². The lowest BCUT2D eigenvalue weighted by molar-refractivity contribution is -0.146. The highest BCUT2D eigenvalue weighted by atomic mass is 28.4. The summed E-state index contributed by atoms with van der Waals surface area (Å²) in [6.07, 6.45) is 11.3. The number of hydrogen-bond acceptors (Lipinski definition) is 8. The second-order valence-corrected chi connectivity index (χ2v) is 20.3. The molecule has 0 saturated carbocycles. The van der Waals surface area contributed by atoms with E-state index in [9.17, 15) is 19.5 Å². The summed E-state index contributed by atoms with van der Waals surface area (Å²) in [5.74, 6) is -0.315. The van der Waals surface area contributed by atoms with E-state index in [2.05, 4.69) is 10.3 Å². The first-order valence-electron chi connectivity index (χ1n) is 20.1. The number of fused-ring (bicyclic) bond motifs is 2. The summed E-state index contributed by atoms with van der Waals surface area (Å²) in [5.41, 5.74) is 3.04. The van der Waals surface area contributed by atoms with Crippen molar-refractivity contribution in [1.82, 2.24) is 15.0 Å². The quantitative estimate of drug-likeness (QED) is 0.246. The van der Waals surface area contributed by atoms with Crippen LogP contribution >= 0.6 is 0 Å². The molecular weight excluding hydrogens is 701 g/mol. The van der Waals surface area contributed by atoms with Gasteiger partial charge in [0.2, 0.25) is 11.8 Å². The number of anilines is 3. The van der Waals surface area contributed by atoms with Gasteiger partial charge in [-0.05, 0) is 81.1 Å². The molecule has 3 aromatic rings. The van der Waals surface area contributed by atoms with Gasteiger partial charge in [-0.3, -0.25) is 19.1 Å². The maximum atomic E-state index is 15.3. The van der Waals surface area contributed by atoms with Gasteiger partial charge in [0.05, 0.1) is 24.0 Å². The van der Waals surface area contributed by atoms with Crippen LogP contribution in [0.15, 0.2) is 48.7 Å². The minimum absolute atomic E-state index is 0.0133. The first kappa shape index (κ1) is 38.4. The Morgan fingerprint density at radius 1 is 0.889 bits per heavy atom. The highest BCUT2D eigenvalue weighted by molar-refractivity contribution is 6.71. The highest BCUT2D eigenvalue weighted by Gasteiger charge is 2.66. The van der Waals surface area contributed by atoms with E-state index in [1.165, 1.54) is 0 Å². The molecule has 290 valence electrons. The summed E-state index contributed by atoms with van der Waals surface area (Å²) < 4.78 is 8.88. The first-order chi connectivity index (χ1) is 26.0. The molecule has 3 amide bonds. The summed E-state index contributed by atoms with van der Waals surface area (Å²) >= 11 is 0. The Morgan fingerprint density at radius 2 is 1.56 bits per heavy atom. The molecule has 4 atom stereocenters. The SMILES string of the molecule is C[C@@H]1[C@@H]([Si](C)(C)O)[C@H](CCn2cc(CCO)nn2)O[C@@]12C(=O)N(Cc1cccc(N3CCCCCCC3=O)c1)c1ccc(N3CCCCCCC3=O)cc12. The van der Waals surface area contributed by atoms with Gasteiger partial charge in [-0.25, -0.2) is 0 Å². The fraction of sp³-hybridized carbons (Fsp3) is 0.585. The second kappa shape index (κ2) is 16.1. The smallest absolute Gasteiger partial charge is 0.264 e. The summed E-state index contributed by atoms with van der Waals surface area (Å²) in [4.78, 5) is 59.4. The molecule has 0 unspecified atom stereocenters. The predicted octanol–water partition coefficient (Wildman–Crippen LogP) is 5.84. The number of carbonyl (C=O) groups is 3. The Bertz CT molecular complexity index is 1840. The average Bonchev–Trinajstić information content (AvgIpc) is 3.77. The zero-order valence-electron chi connectivity index (χ0n) is 32.1. The molecule has 2 aromatic carbocycles. The molecule has 0 bridgehead atoms. The molecule has 4 aliphatic rings. The summed E-state index contributed by atoms with van der Waals surface area (Å²) in [7, 11) is -2.92. The van der Waals surface area contributed by atoms with Gasteiger partial charge >= 0.3 is 0 Å². The zero-order chi connectivity index (χ0) is 38.0. The van der Waals surface area contributed by atoms with Crippen molar-refractivity contribution >= 4 is 43.1 Å². The van der Waals surface area contributed by atoms with Crippen LogP contribution in [-0.4, -0.2) is 76.7 Å². The number of rotatable bonds is 10. The lowest BCUT2D eigenvalue weighted by atomic mass is 9.82. The van der Waals surface area contributed by atoms with Gasteiger partial charge in [0.25, 0.3) is 5.91 Å². The Balaban J connectivity index is 1.26. The van der Waals surface area contributed by atoms with Crippen LogP contribution in [0.25, 0.3) is 0 Å². The van der Waals surface area contributed by atoms with Crippen LogP contribution < -0.4 is 14.7 Å². The predicted molar refractivity (Wildman–Crippen MR) is 210 cm³/mol. The number of hydrogen-bond donors (Lipinski definition) is 2. The van der Waals surface area contributed by atoms with E-state index in [0.29, 0.717) is 51.0 Å². The Morgan fingerprint density at radius 3 is 2.22 bits per heavy atom. The van der Waals surface area contributed by atoms with Crippen molar-refractivity contribution < 1.29 is 29.0 Å². The van der Waals surface area contributed by atoms with Crippen LogP contribution in [0, 0.1) is 5.92 Å². The molecule has 54 heavy (non-hydrogen) atoms. The average molecular weight is 757 g/mol. The zero-order valence-corrected chi connectivity index (χ0v) is 33.1. The highest BCUT2D eigenvalue weighted by Crippen LogP contribution is 2.60. The number of aliphatic hydroxyl groups is 1. The monoisotopic (exact) mass is 756 g/mol. The molecule has 0 radical (unpaired) electrons. The largest absolute Gasteiger partial charge is 0.432 e. The molecule has 0 aliphatic carbocycles. The van der Waals surface area contributed by atoms with Crippen molar-refractivity contribution in [3.8, 4) is 0 Å². The fourth-order valence-corrected chi connectivity index (χ4v) is 12.1. The maximum Gasteiger partial charge on any atom is 0.264 e. The number of amides is 3. The van der Waals surface area contributed by atoms with E-state index in [1.807, 2.05) is 83.4 Å². The number of aromatic nitrogens is 3. The van der Waals surface area contributed by atoms with Crippen molar-refractivity contribution in [2.75, 3.05) is 34.4 Å². The molecule has 1 aromatic heterocycles. The van der Waals surface area contributed by atoms with Gasteiger partial charge in [0.1, 0.15) is 0 Å². The minimum Gasteiger partial charge on any atom is -0.432 e. The number of nitrogens with zero attached hydrogens (tertiary/aromatic N) is 6. The number of aliphatic hydroxyl groups excluding tert-OH is 1. The first-order valence-corrected chi connectivity index (χ1v) is 23.1. The molecule has 7 rings (SSSR count). The summed E-state index contributed by atoms with van der Waals surface area (Å²) in [5, 5.41) is 17.8. The van der Waals surface area contributed by atoms with Crippen LogP contribution in [0.5, 0.6) is 0 Å². The van der Waals surface area contributed by atoms with Gasteiger partial charge < -0.3 is 29.3 Å². The van der Waals surface area contributed by atoms with Gasteiger partial charge in [-0.15, -0.1) is 5.10 Å². The van der Waals surface area contributed by atoms with Crippen molar-refractivity contribution in [3.05, 3.63) is 65.5 Å². The Hall–Kier alpha value is -3.91. The van der Waals surface area contributed by atoms with Crippen LogP contribution in [0.1, 0.15) is 94.4 Å². The number of benzene rings is 2. The minimum atomic E-state index is -2.92. The van der Waals surface area contributed by atoms with Crippen LogP contribution in [0.3, 0.4) is 0 Å². The van der Waals surface area contributed by atoms with Crippen molar-refractivity contribution in [1.29, 1.82) is 0 Å². The third-order valence-corrected chi connectivity index (χ3v) is 14.6. The molecular formula is C41H56N6O6Si. The summed E-state index contributed by atoms with van der Waals surface area (Å²) in [6.45, 7) is 7.93. The summed E-state index contributed by atoms with van der Waals surface area (Å²) in [6, 6.07) is 13.9. The third kappa shape index (κ3) is 7.52. The van der Waals surface area contributed by atoms with Gasteiger partial charge in [-0.2, -0.15) is 0 Å². The fourth-order valence-electron chi connectivity index (χ4n) is 9.47. The number of aryl methyl sites for hydroxylation is 1. The van der Waals surface area contributed by atoms with Crippen molar-refractivity contribution in [2.24, 2.45) is 5.92 Å². The molecule has 2 N–H and O–H groups in total. The Labute approximate surface area is 319 Å². The van der Waals surface area contributed by atoms with Gasteiger partial charge in [0.15, 0.2) is 13.9 Å². The Kier molecular flexibility index (Phi) is 11.4. The van der Waals surface area contributed by atoms with E-state index in [4.69, 9.17) is 4.74 Å². The van der Waals surface area contributed by atoms with Crippen LogP contribution in [0.2, 0.25) is 18.6 Å². The van der Waals surface area contributed by atoms with E-state index >= 15 is 4.79 Å². The maximum absolute atomic E-state index is 15.3. The van der Waals surface area contributed by atoms with Crippen molar-refractivity contribution in [3.63, 3.8) is 0 Å². The van der Waals surface area contributed by atoms with Crippen LogP contribution in [0.4, 0.5) is 17.1 Å². The van der Waals surface area contributed by atoms with Crippen molar-refractivity contribution in [2.45, 2.75) is 127 Å². The molecule has 12 nitrogen and oxygen atoms in total. The van der Waals surface area contributed by atoms with E-state index < -0.39 is 20.0 Å². The van der Waals surface area contributed by atoms with E-state index in [0.717, 1.165) is 79.6 Å². The molecule has 5 heterocycles. The second-order valence-electron chi connectivity index (χ2n) is 16.3. The van der Waals surface area contributed by atoms with Gasteiger partial charge in [0, 0.05) is 80.1 Å². The third-order valence-electron chi connectivity index (χ3n) is 12.1. The lowest BCUT2D eigenvalue weighted by Crippen LogP contribution is -2.46. The molecule has 1 spiro atoms. The van der Waals surface area contributed by atoms with E-state index in [1.54, 1.807) is 4.68 Å². The number of carbonyl (C=O) groups excluding carboxylic acids is 3. The number of ether oxygens (including phenoxy) is 1. The van der Waals surface area contributed by atoms with E-state index in [-0.39, 0.29) is 42.3 Å². The molecule has 13 heteroatoms.